The van der Waals surface area contributed by atoms with E-state index >= 15 is 0 Å². The summed E-state index contributed by atoms with van der Waals surface area (Å²) in [5.74, 6) is -0.419. The van der Waals surface area contributed by atoms with Crippen LogP contribution in [0.15, 0.2) is 28.7 Å². The summed E-state index contributed by atoms with van der Waals surface area (Å²) in [6, 6.07) is 9.13. The third-order valence-electron chi connectivity index (χ3n) is 5.63. The van der Waals surface area contributed by atoms with Gasteiger partial charge >= 0.3 is 6.01 Å². The second-order valence-corrected chi connectivity index (χ2v) is 9.78. The summed E-state index contributed by atoms with van der Waals surface area (Å²) >= 11 is 0. The van der Waals surface area contributed by atoms with Crippen molar-refractivity contribution >= 4 is 27.6 Å². The standard InChI is InChI=1S/C22H28N4O5S/c1-3-19-20(21(28)25-32(2,29)30)24-22(31-19)26(17-10-8-15(14-23)9-11-17)13-12-16-6-4-5-7-18(16)27/h8-11,16,18,27H,3-7,12-13H2,1-2H3,(H,25,28). The van der Waals surface area contributed by atoms with Crippen LogP contribution in [-0.2, 0) is 16.4 Å². The molecule has 0 radical (unpaired) electrons. The van der Waals surface area contributed by atoms with Gasteiger partial charge in [-0.15, -0.1) is 0 Å². The normalized spacial score (nSPS) is 18.7. The van der Waals surface area contributed by atoms with Crippen LogP contribution in [-0.4, -0.2) is 43.3 Å². The molecule has 1 saturated carbocycles. The highest BCUT2D eigenvalue weighted by atomic mass is 32.2. The van der Waals surface area contributed by atoms with E-state index in [2.05, 4.69) is 11.1 Å². The Kier molecular flexibility index (Phi) is 7.53. The number of amides is 1. The maximum atomic E-state index is 12.4. The van der Waals surface area contributed by atoms with Crippen molar-refractivity contribution in [3.05, 3.63) is 41.3 Å². The SMILES string of the molecule is CCc1oc(N(CCC2CCCCC2O)c2ccc(C#N)cc2)nc1C(=O)NS(C)(=O)=O. The number of carbonyl (C=O) groups excluding carboxylic acids is 1. The van der Waals surface area contributed by atoms with Crippen molar-refractivity contribution in [3.63, 3.8) is 0 Å². The molecule has 2 aromatic rings. The van der Waals surface area contributed by atoms with E-state index in [9.17, 15) is 18.3 Å². The minimum absolute atomic E-state index is 0.0794. The van der Waals surface area contributed by atoms with Crippen molar-refractivity contribution in [1.29, 1.82) is 5.26 Å². The van der Waals surface area contributed by atoms with Crippen LogP contribution < -0.4 is 9.62 Å². The van der Waals surface area contributed by atoms with E-state index in [4.69, 9.17) is 9.68 Å². The number of oxazole rings is 1. The molecule has 2 unspecified atom stereocenters. The van der Waals surface area contributed by atoms with E-state index in [-0.39, 0.29) is 29.5 Å². The number of nitrogens with zero attached hydrogens (tertiary/aromatic N) is 3. The molecule has 2 N–H and O–H groups in total. The van der Waals surface area contributed by atoms with Crippen LogP contribution in [0, 0.1) is 17.2 Å². The molecule has 10 heteroatoms. The fourth-order valence-corrected chi connectivity index (χ4v) is 4.39. The minimum atomic E-state index is -3.75. The van der Waals surface area contributed by atoms with Crippen molar-refractivity contribution in [3.8, 4) is 6.07 Å². The van der Waals surface area contributed by atoms with E-state index < -0.39 is 15.9 Å². The Labute approximate surface area is 188 Å². The van der Waals surface area contributed by atoms with E-state index in [1.54, 1.807) is 36.1 Å². The molecule has 0 bridgehead atoms. The molecular weight excluding hydrogens is 432 g/mol. The molecule has 1 aliphatic carbocycles. The summed E-state index contributed by atoms with van der Waals surface area (Å²) in [6.07, 6.45) is 5.42. The zero-order valence-electron chi connectivity index (χ0n) is 18.2. The maximum absolute atomic E-state index is 12.4. The number of aliphatic hydroxyl groups is 1. The van der Waals surface area contributed by atoms with Gasteiger partial charge in [0.1, 0.15) is 5.76 Å². The molecule has 9 nitrogen and oxygen atoms in total. The summed E-state index contributed by atoms with van der Waals surface area (Å²) in [4.78, 5) is 18.6. The molecule has 172 valence electrons. The molecule has 1 aromatic heterocycles. The third kappa shape index (κ3) is 5.87. The molecule has 1 fully saturated rings. The second kappa shape index (κ2) is 10.1. The number of aromatic nitrogens is 1. The van der Waals surface area contributed by atoms with Crippen molar-refractivity contribution in [2.45, 2.75) is 51.6 Å². The fraction of sp³-hybridized carbons (Fsp3) is 0.500. The van der Waals surface area contributed by atoms with Gasteiger partial charge in [0.15, 0.2) is 5.69 Å². The first-order valence-corrected chi connectivity index (χ1v) is 12.6. The molecular formula is C22H28N4O5S. The number of hydrogen-bond acceptors (Lipinski definition) is 8. The Bertz CT molecular complexity index is 1090. The van der Waals surface area contributed by atoms with Gasteiger partial charge in [-0.2, -0.15) is 10.2 Å². The zero-order chi connectivity index (χ0) is 23.3. The summed E-state index contributed by atoms with van der Waals surface area (Å²) < 4.78 is 30.8. The molecule has 32 heavy (non-hydrogen) atoms. The van der Waals surface area contributed by atoms with E-state index in [1.807, 2.05) is 4.72 Å². The lowest BCUT2D eigenvalue weighted by Gasteiger charge is -2.30. The van der Waals surface area contributed by atoms with Gasteiger partial charge in [-0.05, 0) is 49.4 Å². The van der Waals surface area contributed by atoms with Crippen molar-refractivity contribution in [1.82, 2.24) is 9.71 Å². The summed E-state index contributed by atoms with van der Waals surface area (Å²) in [7, 11) is -3.75. The lowest BCUT2D eigenvalue weighted by Crippen LogP contribution is -2.30. The lowest BCUT2D eigenvalue weighted by molar-refractivity contribution is 0.0665. The number of anilines is 2. The van der Waals surface area contributed by atoms with Gasteiger partial charge in [-0.25, -0.2) is 13.1 Å². The van der Waals surface area contributed by atoms with Gasteiger partial charge in [0.05, 0.1) is 24.0 Å². The number of nitriles is 1. The highest BCUT2D eigenvalue weighted by molar-refractivity contribution is 7.89. The Balaban J connectivity index is 1.93. The predicted octanol–water partition coefficient (Wildman–Crippen LogP) is 2.88. The Morgan fingerprint density at radius 2 is 2.00 bits per heavy atom. The maximum Gasteiger partial charge on any atom is 0.302 e. The molecule has 0 spiro atoms. The topological polar surface area (TPSA) is 137 Å². The first-order valence-electron chi connectivity index (χ1n) is 10.7. The monoisotopic (exact) mass is 460 g/mol. The van der Waals surface area contributed by atoms with Crippen molar-refractivity contribution in [2.75, 3.05) is 17.7 Å². The number of sulfonamides is 1. The van der Waals surface area contributed by atoms with Gasteiger partial charge in [-0.1, -0.05) is 19.8 Å². The summed E-state index contributed by atoms with van der Waals surface area (Å²) in [5, 5.41) is 19.5. The number of hydrogen-bond donors (Lipinski definition) is 2. The first kappa shape index (κ1) is 23.8. The lowest BCUT2D eigenvalue weighted by atomic mass is 9.84. The molecule has 1 aromatic carbocycles. The molecule has 1 heterocycles. The average Bonchev–Trinajstić information content (AvgIpc) is 3.19. The number of nitrogens with one attached hydrogen (secondary N) is 1. The molecule has 0 aliphatic heterocycles. The molecule has 3 rings (SSSR count). The largest absolute Gasteiger partial charge is 0.428 e. The molecule has 1 aliphatic rings. The van der Waals surface area contributed by atoms with Crippen molar-refractivity contribution in [2.24, 2.45) is 5.92 Å². The highest BCUT2D eigenvalue weighted by Crippen LogP contribution is 2.32. The number of aryl methyl sites for hydroxylation is 1. The summed E-state index contributed by atoms with van der Waals surface area (Å²) in [6.45, 7) is 2.26. The van der Waals surface area contributed by atoms with E-state index in [1.165, 1.54) is 0 Å². The first-order chi connectivity index (χ1) is 15.2. The predicted molar refractivity (Wildman–Crippen MR) is 119 cm³/mol. The fourth-order valence-electron chi connectivity index (χ4n) is 3.96. The van der Waals surface area contributed by atoms with Crippen LogP contribution in [0.4, 0.5) is 11.7 Å². The molecule has 1 amide bonds. The van der Waals surface area contributed by atoms with Gasteiger partial charge < -0.3 is 9.52 Å². The van der Waals surface area contributed by atoms with Crippen molar-refractivity contribution < 1.29 is 22.7 Å². The number of rotatable bonds is 8. The number of carbonyl (C=O) groups is 1. The Morgan fingerprint density at radius 3 is 2.59 bits per heavy atom. The van der Waals surface area contributed by atoms with Crippen LogP contribution in [0.1, 0.15) is 60.8 Å². The van der Waals surface area contributed by atoms with Crippen LogP contribution >= 0.6 is 0 Å². The van der Waals surface area contributed by atoms with Crippen LogP contribution in [0.25, 0.3) is 0 Å². The minimum Gasteiger partial charge on any atom is -0.428 e. The quantitative estimate of drug-likeness (QED) is 0.614. The van der Waals surface area contributed by atoms with E-state index in [0.717, 1.165) is 31.9 Å². The zero-order valence-corrected chi connectivity index (χ0v) is 19.1. The van der Waals surface area contributed by atoms with E-state index in [0.29, 0.717) is 30.6 Å². The smallest absolute Gasteiger partial charge is 0.302 e. The van der Waals surface area contributed by atoms with Gasteiger partial charge in [-0.3, -0.25) is 9.69 Å². The van der Waals surface area contributed by atoms with Crippen LogP contribution in [0.5, 0.6) is 0 Å². The highest BCUT2D eigenvalue weighted by Gasteiger charge is 2.27. The van der Waals surface area contributed by atoms with Gasteiger partial charge in [0, 0.05) is 18.7 Å². The average molecular weight is 461 g/mol. The molecule has 2 atom stereocenters. The van der Waals surface area contributed by atoms with Crippen LogP contribution in [0.2, 0.25) is 0 Å². The Morgan fingerprint density at radius 1 is 1.31 bits per heavy atom. The third-order valence-corrected chi connectivity index (χ3v) is 6.19. The molecule has 0 saturated heterocycles. The van der Waals surface area contributed by atoms with Gasteiger partial charge in [0.2, 0.25) is 10.0 Å². The van der Waals surface area contributed by atoms with Crippen LogP contribution in [0.3, 0.4) is 0 Å². The van der Waals surface area contributed by atoms with Gasteiger partial charge in [0.25, 0.3) is 5.91 Å². The summed E-state index contributed by atoms with van der Waals surface area (Å²) in [5.41, 5.74) is 1.14. The Hall–Kier alpha value is -2.90. The number of aliphatic hydroxyl groups excluding tert-OH is 1. The second-order valence-electron chi connectivity index (χ2n) is 8.04. The number of benzene rings is 1.